The fraction of sp³-hybridized carbons (Fsp3) is 0.409. The first-order valence-electron chi connectivity index (χ1n) is 9.61. The molecule has 2 N–H and O–H groups in total. The summed E-state index contributed by atoms with van der Waals surface area (Å²) in [6, 6.07) is 16.1. The molecule has 0 aliphatic rings. The van der Waals surface area contributed by atoms with E-state index in [2.05, 4.69) is 28.6 Å². The number of nitrogens with zero attached hydrogens (tertiary/aromatic N) is 1. The van der Waals surface area contributed by atoms with Gasteiger partial charge in [0.15, 0.2) is 5.96 Å². The number of ether oxygens (including phenoxy) is 3. The Balaban J connectivity index is 0.00000420. The zero-order valence-electron chi connectivity index (χ0n) is 17.4. The van der Waals surface area contributed by atoms with E-state index in [1.54, 1.807) is 14.2 Å². The number of rotatable bonds is 11. The van der Waals surface area contributed by atoms with Crippen LogP contribution in [0.25, 0.3) is 0 Å². The molecule has 0 saturated heterocycles. The number of para-hydroxylation sites is 1. The summed E-state index contributed by atoms with van der Waals surface area (Å²) in [5.74, 6) is 2.54. The molecule has 0 heterocycles. The summed E-state index contributed by atoms with van der Waals surface area (Å²) in [6.07, 6.45) is 0.858. The van der Waals surface area contributed by atoms with Crippen LogP contribution in [0.1, 0.15) is 18.1 Å². The van der Waals surface area contributed by atoms with Gasteiger partial charge in [0, 0.05) is 20.2 Å². The molecular weight excluding hydrogens is 481 g/mol. The minimum Gasteiger partial charge on any atom is -0.496 e. The molecule has 0 aliphatic heterocycles. The van der Waals surface area contributed by atoms with Crippen LogP contribution in [0, 0.1) is 0 Å². The van der Waals surface area contributed by atoms with E-state index in [0.29, 0.717) is 19.8 Å². The molecule has 0 bridgehead atoms. The van der Waals surface area contributed by atoms with Gasteiger partial charge in [-0.2, -0.15) is 0 Å². The van der Waals surface area contributed by atoms with Gasteiger partial charge in [-0.15, -0.1) is 24.0 Å². The van der Waals surface area contributed by atoms with Crippen LogP contribution in [0.15, 0.2) is 53.5 Å². The predicted molar refractivity (Wildman–Crippen MR) is 129 cm³/mol. The average molecular weight is 513 g/mol. The Morgan fingerprint density at radius 2 is 1.83 bits per heavy atom. The van der Waals surface area contributed by atoms with Crippen molar-refractivity contribution in [3.63, 3.8) is 0 Å². The molecule has 6 nitrogen and oxygen atoms in total. The lowest BCUT2D eigenvalue weighted by molar-refractivity contribution is 0.146. The predicted octanol–water partition coefficient (Wildman–Crippen LogP) is 3.64. The molecule has 0 unspecified atom stereocenters. The van der Waals surface area contributed by atoms with E-state index in [0.717, 1.165) is 42.5 Å². The number of benzene rings is 2. The van der Waals surface area contributed by atoms with Crippen molar-refractivity contribution in [1.82, 2.24) is 10.6 Å². The fourth-order valence-corrected chi connectivity index (χ4v) is 2.71. The summed E-state index contributed by atoms with van der Waals surface area (Å²) in [5.41, 5.74) is 2.27. The van der Waals surface area contributed by atoms with Crippen molar-refractivity contribution >= 4 is 29.9 Å². The van der Waals surface area contributed by atoms with Crippen molar-refractivity contribution in [3.05, 3.63) is 59.7 Å². The first kappa shape index (κ1) is 25.0. The van der Waals surface area contributed by atoms with Crippen LogP contribution in [0.2, 0.25) is 0 Å². The van der Waals surface area contributed by atoms with Crippen LogP contribution in [0.4, 0.5) is 0 Å². The van der Waals surface area contributed by atoms with Crippen LogP contribution in [-0.2, 0) is 17.7 Å². The molecule has 7 heteroatoms. The van der Waals surface area contributed by atoms with Crippen molar-refractivity contribution < 1.29 is 14.2 Å². The van der Waals surface area contributed by atoms with E-state index in [4.69, 9.17) is 14.2 Å². The summed E-state index contributed by atoms with van der Waals surface area (Å²) in [4.78, 5) is 4.68. The molecule has 0 atom stereocenters. The van der Waals surface area contributed by atoms with Gasteiger partial charge in [0.2, 0.25) is 0 Å². The number of hydrogen-bond donors (Lipinski definition) is 2. The lowest BCUT2D eigenvalue weighted by Gasteiger charge is -2.13. The SMILES string of the molecule is CCNC(=NCc1cccc(OCCOC)c1)NCCc1ccccc1OC.I. The van der Waals surface area contributed by atoms with Gasteiger partial charge in [0.25, 0.3) is 0 Å². The van der Waals surface area contributed by atoms with E-state index >= 15 is 0 Å². The number of nitrogens with one attached hydrogen (secondary N) is 2. The van der Waals surface area contributed by atoms with E-state index in [9.17, 15) is 0 Å². The van der Waals surface area contributed by atoms with Crippen LogP contribution in [0.5, 0.6) is 11.5 Å². The maximum absolute atomic E-state index is 5.66. The summed E-state index contributed by atoms with van der Waals surface area (Å²) in [7, 11) is 3.36. The quantitative estimate of drug-likeness (QED) is 0.208. The molecule has 0 aromatic heterocycles. The molecule has 29 heavy (non-hydrogen) atoms. The Bertz CT molecular complexity index is 741. The van der Waals surface area contributed by atoms with Gasteiger partial charge in [-0.3, -0.25) is 0 Å². The molecule has 160 valence electrons. The standard InChI is InChI=1S/C22H31N3O3.HI/c1-4-23-22(24-13-12-19-9-5-6-11-21(19)27-3)25-17-18-8-7-10-20(16-18)28-15-14-26-2;/h5-11,16H,4,12-15,17H2,1-3H3,(H2,23,24,25);1H. The Labute approximate surface area is 191 Å². The van der Waals surface area contributed by atoms with Gasteiger partial charge in [-0.25, -0.2) is 4.99 Å². The monoisotopic (exact) mass is 513 g/mol. The highest BCUT2D eigenvalue weighted by molar-refractivity contribution is 14.0. The van der Waals surface area contributed by atoms with Crippen molar-refractivity contribution in [3.8, 4) is 11.5 Å². The second kappa shape index (κ2) is 14.9. The Kier molecular flexibility index (Phi) is 12.9. The Morgan fingerprint density at radius 1 is 1.00 bits per heavy atom. The summed E-state index contributed by atoms with van der Waals surface area (Å²) in [6.45, 7) is 5.32. The lowest BCUT2D eigenvalue weighted by atomic mass is 10.1. The van der Waals surface area contributed by atoms with Crippen molar-refractivity contribution in [1.29, 1.82) is 0 Å². The number of methoxy groups -OCH3 is 2. The minimum atomic E-state index is 0. The minimum absolute atomic E-state index is 0. The molecule has 0 fully saturated rings. The zero-order valence-corrected chi connectivity index (χ0v) is 19.8. The third-order valence-corrected chi connectivity index (χ3v) is 4.10. The second-order valence-electron chi connectivity index (χ2n) is 6.17. The van der Waals surface area contributed by atoms with E-state index < -0.39 is 0 Å². The Morgan fingerprint density at radius 3 is 2.59 bits per heavy atom. The molecule has 0 radical (unpaired) electrons. The van der Waals surface area contributed by atoms with Crippen LogP contribution in [-0.4, -0.2) is 46.5 Å². The molecule has 0 aliphatic carbocycles. The zero-order chi connectivity index (χ0) is 20.0. The third kappa shape index (κ3) is 9.36. The summed E-state index contributed by atoms with van der Waals surface area (Å²) >= 11 is 0. The molecule has 2 aromatic rings. The first-order chi connectivity index (χ1) is 13.8. The van der Waals surface area contributed by atoms with Gasteiger partial charge in [-0.05, 0) is 42.7 Å². The van der Waals surface area contributed by atoms with E-state index in [1.165, 1.54) is 5.56 Å². The van der Waals surface area contributed by atoms with Crippen molar-refractivity contribution in [2.45, 2.75) is 19.9 Å². The smallest absolute Gasteiger partial charge is 0.191 e. The number of hydrogen-bond acceptors (Lipinski definition) is 4. The van der Waals surface area contributed by atoms with Crippen LogP contribution < -0.4 is 20.1 Å². The highest BCUT2D eigenvalue weighted by Gasteiger charge is 2.03. The fourth-order valence-electron chi connectivity index (χ4n) is 2.71. The highest BCUT2D eigenvalue weighted by Crippen LogP contribution is 2.17. The highest BCUT2D eigenvalue weighted by atomic mass is 127. The summed E-state index contributed by atoms with van der Waals surface area (Å²) in [5, 5.41) is 6.67. The van der Waals surface area contributed by atoms with Crippen LogP contribution in [0.3, 0.4) is 0 Å². The molecule has 2 aromatic carbocycles. The second-order valence-corrected chi connectivity index (χ2v) is 6.17. The summed E-state index contributed by atoms with van der Waals surface area (Å²) < 4.78 is 16.1. The van der Waals surface area contributed by atoms with Gasteiger partial charge < -0.3 is 24.8 Å². The van der Waals surface area contributed by atoms with Gasteiger partial charge in [0.05, 0.1) is 20.3 Å². The molecule has 0 amide bonds. The van der Waals surface area contributed by atoms with Crippen LogP contribution >= 0.6 is 24.0 Å². The maximum Gasteiger partial charge on any atom is 0.191 e. The number of aliphatic imine (C=N–C) groups is 1. The molecular formula is C22H32IN3O3. The van der Waals surface area contributed by atoms with Crippen molar-refractivity contribution in [2.24, 2.45) is 4.99 Å². The molecule has 2 rings (SSSR count). The Hall–Kier alpha value is -2.00. The van der Waals surface area contributed by atoms with Gasteiger partial charge >= 0.3 is 0 Å². The molecule has 0 saturated carbocycles. The average Bonchev–Trinajstić information content (AvgIpc) is 2.73. The topological polar surface area (TPSA) is 64.1 Å². The van der Waals surface area contributed by atoms with E-state index in [-0.39, 0.29) is 24.0 Å². The third-order valence-electron chi connectivity index (χ3n) is 4.10. The number of halogens is 1. The lowest BCUT2D eigenvalue weighted by Crippen LogP contribution is -2.38. The normalized spacial score (nSPS) is 10.8. The first-order valence-corrected chi connectivity index (χ1v) is 9.61. The maximum atomic E-state index is 5.66. The van der Waals surface area contributed by atoms with E-state index in [1.807, 2.05) is 42.5 Å². The largest absolute Gasteiger partial charge is 0.496 e. The van der Waals surface area contributed by atoms with Crippen molar-refractivity contribution in [2.75, 3.05) is 40.5 Å². The van der Waals surface area contributed by atoms with Gasteiger partial charge in [-0.1, -0.05) is 30.3 Å². The van der Waals surface area contributed by atoms with Gasteiger partial charge in [0.1, 0.15) is 18.1 Å². The molecule has 0 spiro atoms. The number of guanidine groups is 1.